The second kappa shape index (κ2) is 8.65. The third kappa shape index (κ3) is 5.28. The zero-order valence-corrected chi connectivity index (χ0v) is 16.0. The second-order valence-corrected chi connectivity index (χ2v) is 7.95. The van der Waals surface area contributed by atoms with Crippen LogP contribution in [-0.2, 0) is 26.2 Å². The predicted molar refractivity (Wildman–Crippen MR) is 101 cm³/mol. The summed E-state index contributed by atoms with van der Waals surface area (Å²) in [7, 11) is 0.925. The molecule has 2 amide bonds. The van der Waals surface area contributed by atoms with Gasteiger partial charge in [-0.25, -0.2) is 12.7 Å². The number of hydrogen-bond acceptors (Lipinski definition) is 5. The molecule has 0 spiro atoms. The van der Waals surface area contributed by atoms with Crippen molar-refractivity contribution in [3.05, 3.63) is 54.1 Å². The monoisotopic (exact) mass is 391 g/mol. The average molecular weight is 391 g/mol. The van der Waals surface area contributed by atoms with E-state index < -0.39 is 21.8 Å². The topological polar surface area (TPSA) is 105 Å². The number of nitrogens with zero attached hydrogens (tertiary/aromatic N) is 1. The van der Waals surface area contributed by atoms with Gasteiger partial charge in [0.25, 0.3) is 0 Å². The number of benzene rings is 2. The highest BCUT2D eigenvalue weighted by Crippen LogP contribution is 2.15. The number of anilines is 1. The van der Waals surface area contributed by atoms with Gasteiger partial charge >= 0.3 is 11.8 Å². The highest BCUT2D eigenvalue weighted by Gasteiger charge is 2.17. The molecule has 0 saturated carbocycles. The number of ether oxygens (including phenoxy) is 1. The Labute approximate surface area is 158 Å². The Bertz CT molecular complexity index is 907. The van der Waals surface area contributed by atoms with Crippen LogP contribution in [0.25, 0.3) is 0 Å². The van der Waals surface area contributed by atoms with Gasteiger partial charge in [0.05, 0.1) is 12.0 Å². The molecule has 0 heterocycles. The van der Waals surface area contributed by atoms with E-state index in [1.165, 1.54) is 33.3 Å². The molecule has 0 unspecified atom stereocenters. The van der Waals surface area contributed by atoms with E-state index in [9.17, 15) is 18.0 Å². The van der Waals surface area contributed by atoms with Crippen molar-refractivity contribution in [3.8, 4) is 5.75 Å². The van der Waals surface area contributed by atoms with Crippen LogP contribution in [0.1, 0.15) is 5.56 Å². The number of methoxy groups -OCH3 is 1. The SMILES string of the molecule is COc1ccc(NC(=O)C(=O)NCc2ccc(S(=O)(=O)N(C)C)cc2)cc1. The smallest absolute Gasteiger partial charge is 0.313 e. The molecule has 0 radical (unpaired) electrons. The largest absolute Gasteiger partial charge is 0.497 e. The van der Waals surface area contributed by atoms with Crippen LogP contribution in [-0.4, -0.2) is 45.7 Å². The van der Waals surface area contributed by atoms with E-state index in [0.717, 1.165) is 4.31 Å². The molecule has 2 aromatic rings. The van der Waals surface area contributed by atoms with E-state index in [1.807, 2.05) is 0 Å². The van der Waals surface area contributed by atoms with Crippen molar-refractivity contribution in [2.24, 2.45) is 0 Å². The average Bonchev–Trinajstić information content (AvgIpc) is 2.66. The predicted octanol–water partition coefficient (Wildman–Crippen LogP) is 1.20. The van der Waals surface area contributed by atoms with Crippen LogP contribution in [0.5, 0.6) is 5.75 Å². The molecule has 0 fully saturated rings. The Balaban J connectivity index is 1.91. The van der Waals surface area contributed by atoms with Crippen LogP contribution in [0.3, 0.4) is 0 Å². The third-order valence-corrected chi connectivity index (χ3v) is 5.54. The highest BCUT2D eigenvalue weighted by atomic mass is 32.2. The molecule has 8 nitrogen and oxygen atoms in total. The fourth-order valence-electron chi connectivity index (χ4n) is 2.11. The number of rotatable bonds is 6. The molecule has 2 N–H and O–H groups in total. The Kier molecular flexibility index (Phi) is 6.54. The van der Waals surface area contributed by atoms with Gasteiger partial charge in [-0.05, 0) is 42.0 Å². The van der Waals surface area contributed by atoms with E-state index in [0.29, 0.717) is 17.0 Å². The van der Waals surface area contributed by atoms with E-state index in [-0.39, 0.29) is 11.4 Å². The van der Waals surface area contributed by atoms with E-state index in [4.69, 9.17) is 4.74 Å². The quantitative estimate of drug-likeness (QED) is 0.720. The summed E-state index contributed by atoms with van der Waals surface area (Å²) in [6, 6.07) is 12.6. The van der Waals surface area contributed by atoms with Gasteiger partial charge in [-0.1, -0.05) is 12.1 Å². The maximum atomic E-state index is 12.0. The summed E-state index contributed by atoms with van der Waals surface area (Å²) in [5.74, 6) is -0.958. The van der Waals surface area contributed by atoms with Gasteiger partial charge in [-0.15, -0.1) is 0 Å². The van der Waals surface area contributed by atoms with Crippen molar-refractivity contribution in [2.45, 2.75) is 11.4 Å². The Hall–Kier alpha value is -2.91. The normalized spacial score (nSPS) is 11.1. The molecule has 9 heteroatoms. The van der Waals surface area contributed by atoms with Crippen LogP contribution in [0.2, 0.25) is 0 Å². The lowest BCUT2D eigenvalue weighted by Gasteiger charge is -2.12. The van der Waals surface area contributed by atoms with Crippen molar-refractivity contribution >= 4 is 27.5 Å². The third-order valence-electron chi connectivity index (χ3n) is 3.71. The van der Waals surface area contributed by atoms with Crippen LogP contribution < -0.4 is 15.4 Å². The highest BCUT2D eigenvalue weighted by molar-refractivity contribution is 7.89. The van der Waals surface area contributed by atoms with Crippen molar-refractivity contribution < 1.29 is 22.7 Å². The minimum Gasteiger partial charge on any atom is -0.497 e. The molecular formula is C18H21N3O5S. The Morgan fingerprint density at radius 2 is 1.56 bits per heavy atom. The van der Waals surface area contributed by atoms with Crippen molar-refractivity contribution in [2.75, 3.05) is 26.5 Å². The first-order valence-electron chi connectivity index (χ1n) is 7.98. The molecule has 0 bridgehead atoms. The summed E-state index contributed by atoms with van der Waals surface area (Å²) < 4.78 is 30.2. The summed E-state index contributed by atoms with van der Waals surface area (Å²) in [6.45, 7) is 0.0944. The summed E-state index contributed by atoms with van der Waals surface area (Å²) >= 11 is 0. The molecule has 2 aromatic carbocycles. The van der Waals surface area contributed by atoms with E-state index >= 15 is 0 Å². The van der Waals surface area contributed by atoms with Crippen LogP contribution in [0.4, 0.5) is 5.69 Å². The van der Waals surface area contributed by atoms with Crippen LogP contribution in [0, 0.1) is 0 Å². The van der Waals surface area contributed by atoms with Crippen LogP contribution in [0.15, 0.2) is 53.4 Å². The van der Waals surface area contributed by atoms with Gasteiger partial charge in [0.15, 0.2) is 0 Å². The summed E-state index contributed by atoms with van der Waals surface area (Å²) in [6.07, 6.45) is 0. The van der Waals surface area contributed by atoms with Crippen molar-refractivity contribution in [1.29, 1.82) is 0 Å². The molecule has 0 aromatic heterocycles. The molecule has 0 saturated heterocycles. The zero-order chi connectivity index (χ0) is 20.0. The lowest BCUT2D eigenvalue weighted by atomic mass is 10.2. The molecular weight excluding hydrogens is 370 g/mol. The lowest BCUT2D eigenvalue weighted by Crippen LogP contribution is -2.34. The first-order chi connectivity index (χ1) is 12.7. The summed E-state index contributed by atoms with van der Waals surface area (Å²) in [5.41, 5.74) is 1.13. The Morgan fingerprint density at radius 1 is 0.963 bits per heavy atom. The zero-order valence-electron chi connectivity index (χ0n) is 15.2. The van der Waals surface area contributed by atoms with Gasteiger partial charge in [0.2, 0.25) is 10.0 Å². The van der Waals surface area contributed by atoms with Gasteiger partial charge < -0.3 is 15.4 Å². The van der Waals surface area contributed by atoms with Gasteiger partial charge in [0.1, 0.15) is 5.75 Å². The van der Waals surface area contributed by atoms with Gasteiger partial charge in [-0.3, -0.25) is 9.59 Å². The number of sulfonamides is 1. The second-order valence-electron chi connectivity index (χ2n) is 5.80. The minimum atomic E-state index is -3.51. The van der Waals surface area contributed by atoms with Gasteiger partial charge in [-0.2, -0.15) is 0 Å². The number of hydrogen-bond donors (Lipinski definition) is 2. The van der Waals surface area contributed by atoms with E-state index in [1.54, 1.807) is 36.4 Å². The number of carbonyl (C=O) groups is 2. The molecule has 0 aliphatic carbocycles. The Morgan fingerprint density at radius 3 is 2.07 bits per heavy atom. The first kappa shape index (κ1) is 20.4. The van der Waals surface area contributed by atoms with Gasteiger partial charge in [0, 0.05) is 26.3 Å². The van der Waals surface area contributed by atoms with Crippen molar-refractivity contribution in [1.82, 2.24) is 9.62 Å². The van der Waals surface area contributed by atoms with E-state index in [2.05, 4.69) is 10.6 Å². The minimum absolute atomic E-state index is 0.0944. The standard InChI is InChI=1S/C18H21N3O5S/c1-21(2)27(24,25)16-10-4-13(5-11-16)12-19-17(22)18(23)20-14-6-8-15(26-3)9-7-14/h4-11H,12H2,1-3H3,(H,19,22)(H,20,23). The number of amides is 2. The summed E-state index contributed by atoms with van der Waals surface area (Å²) in [5, 5.41) is 4.97. The molecule has 27 heavy (non-hydrogen) atoms. The fourth-order valence-corrected chi connectivity index (χ4v) is 3.02. The maximum absolute atomic E-state index is 12.0. The fraction of sp³-hybridized carbons (Fsp3) is 0.222. The van der Waals surface area contributed by atoms with Crippen LogP contribution >= 0.6 is 0 Å². The molecule has 2 rings (SSSR count). The lowest BCUT2D eigenvalue weighted by molar-refractivity contribution is -0.136. The molecule has 144 valence electrons. The molecule has 0 aliphatic heterocycles. The summed E-state index contributed by atoms with van der Waals surface area (Å²) in [4.78, 5) is 24.0. The van der Waals surface area contributed by atoms with Crippen molar-refractivity contribution in [3.63, 3.8) is 0 Å². The molecule has 0 aliphatic rings. The molecule has 0 atom stereocenters. The number of carbonyl (C=O) groups excluding carboxylic acids is 2. The number of nitrogens with one attached hydrogen (secondary N) is 2. The first-order valence-corrected chi connectivity index (χ1v) is 9.42. The maximum Gasteiger partial charge on any atom is 0.313 e.